The van der Waals surface area contributed by atoms with E-state index < -0.39 is 41.0 Å². The smallest absolute Gasteiger partial charge is 0.242 e. The van der Waals surface area contributed by atoms with E-state index in [1.54, 1.807) is 24.3 Å². The van der Waals surface area contributed by atoms with Crippen molar-refractivity contribution < 1.29 is 18.3 Å². The monoisotopic (exact) mass is 649 g/mol. The molecule has 40 heavy (non-hydrogen) atoms. The molecule has 4 atom stereocenters. The van der Waals surface area contributed by atoms with Crippen LogP contribution in [0, 0.1) is 28.4 Å². The highest BCUT2D eigenvalue weighted by Gasteiger charge is 2.61. The van der Waals surface area contributed by atoms with Crippen LogP contribution in [0.2, 0.25) is 10.0 Å². The molecular weight excluding hydrogens is 623 g/mol. The van der Waals surface area contributed by atoms with Gasteiger partial charge in [0.15, 0.2) is 0 Å². The van der Waals surface area contributed by atoms with Crippen molar-refractivity contribution in [3.05, 3.63) is 91.9 Å². The van der Waals surface area contributed by atoms with Gasteiger partial charge < -0.3 is 15.4 Å². The number of benzene rings is 3. The van der Waals surface area contributed by atoms with E-state index in [1.807, 2.05) is 20.8 Å². The Labute approximate surface area is 250 Å². The normalized spacial score (nSPS) is 22.6. The van der Waals surface area contributed by atoms with E-state index in [0.29, 0.717) is 17.9 Å². The maximum Gasteiger partial charge on any atom is 0.242 e. The molecule has 5 nitrogen and oxygen atoms in total. The van der Waals surface area contributed by atoms with Crippen LogP contribution in [0.25, 0.3) is 0 Å². The molecule has 4 rings (SSSR count). The fourth-order valence-electron chi connectivity index (χ4n) is 5.54. The first-order valence-corrected chi connectivity index (χ1v) is 14.1. The molecule has 0 aliphatic carbocycles. The lowest BCUT2D eigenvalue weighted by Gasteiger charge is -2.37. The number of anilines is 1. The zero-order valence-corrected chi connectivity index (χ0v) is 25.4. The molecular formula is C30H28BrCl2F2N3O2. The maximum absolute atomic E-state index is 15.8. The highest BCUT2D eigenvalue weighted by Crippen LogP contribution is 2.53. The zero-order valence-electron chi connectivity index (χ0n) is 22.3. The predicted molar refractivity (Wildman–Crippen MR) is 157 cm³/mol. The summed E-state index contributed by atoms with van der Waals surface area (Å²) in [5.74, 6) is -2.82. The number of methoxy groups -OCH3 is 1. The number of ether oxygens (including phenoxy) is 1. The summed E-state index contributed by atoms with van der Waals surface area (Å²) >= 11 is 15.6. The van der Waals surface area contributed by atoms with Crippen LogP contribution in [-0.4, -0.2) is 25.1 Å². The molecule has 1 aliphatic rings. The lowest BCUT2D eigenvalue weighted by atomic mass is 9.62. The van der Waals surface area contributed by atoms with Crippen molar-refractivity contribution in [2.75, 3.05) is 12.4 Å². The third-order valence-electron chi connectivity index (χ3n) is 7.15. The first kappa shape index (κ1) is 30.3. The SMILES string of the molecule is COc1cc(Br)ccc1NC(=O)[C@@H]1N[C@@H](CC(C)(C)C)[C@](C#N)(c2ccc(Cl)cc2F)[C@H]1c1cccc(Cl)c1F. The predicted octanol–water partition coefficient (Wildman–Crippen LogP) is 8.00. The van der Waals surface area contributed by atoms with Gasteiger partial charge in [-0.3, -0.25) is 4.79 Å². The van der Waals surface area contributed by atoms with E-state index in [4.69, 9.17) is 27.9 Å². The summed E-state index contributed by atoms with van der Waals surface area (Å²) in [5, 5.41) is 17.1. The third kappa shape index (κ3) is 5.71. The summed E-state index contributed by atoms with van der Waals surface area (Å²) in [7, 11) is 1.47. The van der Waals surface area contributed by atoms with Crippen molar-refractivity contribution in [2.45, 2.75) is 50.6 Å². The Bertz CT molecular complexity index is 1490. The van der Waals surface area contributed by atoms with Crippen molar-refractivity contribution in [3.8, 4) is 11.8 Å². The van der Waals surface area contributed by atoms with Gasteiger partial charge in [-0.15, -0.1) is 0 Å². The van der Waals surface area contributed by atoms with E-state index >= 15 is 8.78 Å². The molecule has 2 N–H and O–H groups in total. The Kier molecular flexibility index (Phi) is 8.82. The molecule has 3 aromatic rings. The maximum atomic E-state index is 15.8. The van der Waals surface area contributed by atoms with Crippen molar-refractivity contribution in [2.24, 2.45) is 5.41 Å². The number of halogens is 5. The Balaban J connectivity index is 1.96. The Morgan fingerprint density at radius 2 is 1.90 bits per heavy atom. The minimum atomic E-state index is -1.71. The van der Waals surface area contributed by atoms with E-state index in [1.165, 1.54) is 31.4 Å². The number of amides is 1. The van der Waals surface area contributed by atoms with Crippen LogP contribution in [0.4, 0.5) is 14.5 Å². The minimum absolute atomic E-state index is 0.0158. The van der Waals surface area contributed by atoms with E-state index in [0.717, 1.165) is 10.5 Å². The molecule has 0 spiro atoms. The van der Waals surface area contributed by atoms with Crippen LogP contribution in [0.15, 0.2) is 59.1 Å². The fraction of sp³-hybridized carbons (Fsp3) is 0.333. The van der Waals surface area contributed by atoms with Crippen LogP contribution < -0.4 is 15.4 Å². The van der Waals surface area contributed by atoms with Gasteiger partial charge in [0.25, 0.3) is 0 Å². The van der Waals surface area contributed by atoms with Crippen molar-refractivity contribution in [1.82, 2.24) is 5.32 Å². The number of hydrogen-bond acceptors (Lipinski definition) is 4. The summed E-state index contributed by atoms with van der Waals surface area (Å²) in [6, 6.07) is 14.0. The molecule has 0 radical (unpaired) electrons. The number of rotatable bonds is 6. The average molecular weight is 651 g/mol. The molecule has 0 bridgehead atoms. The summed E-state index contributed by atoms with van der Waals surface area (Å²) in [4.78, 5) is 14.0. The first-order valence-electron chi connectivity index (χ1n) is 12.5. The van der Waals surface area contributed by atoms with Gasteiger partial charge in [0, 0.05) is 27.0 Å². The molecule has 1 saturated heterocycles. The van der Waals surface area contributed by atoms with E-state index in [-0.39, 0.29) is 26.6 Å². The standard InChI is InChI=1S/C30H28BrCl2F2N3O2/c1-29(2,3)14-24-30(15-36,19-10-9-17(32)13-21(19)34)25(18-6-5-7-20(33)26(18)35)27(38-24)28(39)37-22-11-8-16(31)12-23(22)40-4/h5-13,24-25,27,38H,14H2,1-4H3,(H,37,39)/t24-,25-,27+,30-/m0/s1. The van der Waals surface area contributed by atoms with E-state index in [2.05, 4.69) is 32.6 Å². The summed E-state index contributed by atoms with van der Waals surface area (Å²) in [5.41, 5.74) is -1.64. The van der Waals surface area contributed by atoms with Crippen LogP contribution in [0.1, 0.15) is 44.2 Å². The van der Waals surface area contributed by atoms with Gasteiger partial charge in [-0.25, -0.2) is 8.78 Å². The molecule has 1 amide bonds. The second kappa shape index (κ2) is 11.7. The van der Waals surface area contributed by atoms with Crippen LogP contribution in [0.5, 0.6) is 5.75 Å². The second-order valence-corrected chi connectivity index (χ2v) is 12.8. The Morgan fingerprint density at radius 1 is 1.18 bits per heavy atom. The first-order chi connectivity index (χ1) is 18.8. The number of carbonyl (C=O) groups is 1. The molecule has 0 aromatic heterocycles. The minimum Gasteiger partial charge on any atom is -0.495 e. The van der Waals surface area contributed by atoms with Gasteiger partial charge in [-0.2, -0.15) is 5.26 Å². The molecule has 0 unspecified atom stereocenters. The highest BCUT2D eigenvalue weighted by atomic mass is 79.9. The molecule has 0 saturated carbocycles. The topological polar surface area (TPSA) is 74.2 Å². The summed E-state index contributed by atoms with van der Waals surface area (Å²) in [6.45, 7) is 5.93. The van der Waals surface area contributed by atoms with Gasteiger partial charge in [-0.1, -0.05) is 78.1 Å². The molecule has 10 heteroatoms. The van der Waals surface area contributed by atoms with Crippen molar-refractivity contribution in [1.29, 1.82) is 5.26 Å². The van der Waals surface area contributed by atoms with Crippen LogP contribution in [0.3, 0.4) is 0 Å². The zero-order chi connectivity index (χ0) is 29.4. The summed E-state index contributed by atoms with van der Waals surface area (Å²) < 4.78 is 37.6. The van der Waals surface area contributed by atoms with Gasteiger partial charge in [-0.05, 0) is 53.8 Å². The summed E-state index contributed by atoms with van der Waals surface area (Å²) in [6.07, 6.45) is 0.368. The highest BCUT2D eigenvalue weighted by molar-refractivity contribution is 9.10. The van der Waals surface area contributed by atoms with Crippen molar-refractivity contribution >= 4 is 50.7 Å². The number of nitrogens with zero attached hydrogens (tertiary/aromatic N) is 1. The number of hydrogen-bond donors (Lipinski definition) is 2. The van der Waals surface area contributed by atoms with Gasteiger partial charge >= 0.3 is 0 Å². The third-order valence-corrected chi connectivity index (χ3v) is 8.17. The number of nitriles is 1. The van der Waals surface area contributed by atoms with Gasteiger partial charge in [0.05, 0.1) is 29.9 Å². The molecule has 1 heterocycles. The van der Waals surface area contributed by atoms with Gasteiger partial charge in [0.1, 0.15) is 22.8 Å². The quantitative estimate of drug-likeness (QED) is 0.284. The van der Waals surface area contributed by atoms with Crippen LogP contribution >= 0.6 is 39.1 Å². The number of nitrogens with one attached hydrogen (secondary N) is 2. The van der Waals surface area contributed by atoms with Gasteiger partial charge in [0.2, 0.25) is 5.91 Å². The fourth-order valence-corrected chi connectivity index (χ4v) is 6.22. The molecule has 210 valence electrons. The molecule has 1 fully saturated rings. The lowest BCUT2D eigenvalue weighted by molar-refractivity contribution is -0.118. The lowest BCUT2D eigenvalue weighted by Crippen LogP contribution is -2.45. The van der Waals surface area contributed by atoms with Crippen molar-refractivity contribution in [3.63, 3.8) is 0 Å². The molecule has 1 aliphatic heterocycles. The Morgan fingerprint density at radius 3 is 2.52 bits per heavy atom. The average Bonchev–Trinajstić information content (AvgIpc) is 3.19. The molecule has 3 aromatic carbocycles. The van der Waals surface area contributed by atoms with E-state index in [9.17, 15) is 10.1 Å². The second-order valence-electron chi connectivity index (χ2n) is 11.0. The number of carbonyl (C=O) groups excluding carboxylic acids is 1. The largest absolute Gasteiger partial charge is 0.495 e. The van der Waals surface area contributed by atoms with Crippen LogP contribution in [-0.2, 0) is 10.2 Å². The Hall–Kier alpha value is -2.70.